The third kappa shape index (κ3) is 6.01. The Bertz CT molecular complexity index is 1600. The fraction of sp³-hybridized carbons (Fsp3) is 0.192. The predicted molar refractivity (Wildman–Crippen MR) is 149 cm³/mol. The van der Waals surface area contributed by atoms with E-state index >= 15 is 0 Å². The molecule has 1 aromatic heterocycles. The molecule has 37 heavy (non-hydrogen) atoms. The largest absolute Gasteiger partial charge is 0.481 e. The van der Waals surface area contributed by atoms with E-state index in [9.17, 15) is 14.9 Å². The minimum Gasteiger partial charge on any atom is -0.481 e. The zero-order valence-electron chi connectivity index (χ0n) is 20.0. The van der Waals surface area contributed by atoms with E-state index in [2.05, 4.69) is 26.0 Å². The Hall–Kier alpha value is -3.27. The first-order chi connectivity index (χ1) is 17.4. The fourth-order valence-corrected chi connectivity index (χ4v) is 4.32. The van der Waals surface area contributed by atoms with Crippen LogP contribution in [0.25, 0.3) is 10.9 Å². The van der Waals surface area contributed by atoms with E-state index in [1.165, 1.54) is 23.0 Å². The first kappa shape index (κ1) is 26.8. The van der Waals surface area contributed by atoms with Crippen LogP contribution in [0.3, 0.4) is 0 Å². The van der Waals surface area contributed by atoms with Gasteiger partial charge in [-0.1, -0.05) is 72.0 Å². The van der Waals surface area contributed by atoms with Crippen molar-refractivity contribution < 1.29 is 9.66 Å². The molecule has 0 spiro atoms. The topological polar surface area (TPSA) is 99.6 Å². The van der Waals surface area contributed by atoms with Crippen molar-refractivity contribution in [2.75, 3.05) is 0 Å². The number of rotatable bonds is 6. The van der Waals surface area contributed by atoms with Crippen molar-refractivity contribution in [1.82, 2.24) is 9.66 Å². The number of hydrogen-bond donors (Lipinski definition) is 0. The summed E-state index contributed by atoms with van der Waals surface area (Å²) in [6.45, 7) is 5.81. The van der Waals surface area contributed by atoms with Gasteiger partial charge in [0.15, 0.2) is 0 Å². The van der Waals surface area contributed by atoms with E-state index < -0.39 is 10.3 Å². The number of nitro benzene ring substituents is 1. The van der Waals surface area contributed by atoms with E-state index in [4.69, 9.17) is 27.9 Å². The third-order valence-corrected chi connectivity index (χ3v) is 6.37. The number of fused-ring (bicyclic) bond motifs is 1. The van der Waals surface area contributed by atoms with Crippen molar-refractivity contribution in [2.45, 2.75) is 32.8 Å². The van der Waals surface area contributed by atoms with E-state index in [1.807, 2.05) is 26.8 Å². The number of aromatic nitrogens is 2. The molecule has 0 radical (unpaired) electrons. The predicted octanol–water partition coefficient (Wildman–Crippen LogP) is 7.13. The summed E-state index contributed by atoms with van der Waals surface area (Å²) in [6.07, 6.45) is 1.34. The monoisotopic (exact) mass is 602 g/mol. The fourth-order valence-electron chi connectivity index (χ4n) is 3.55. The summed E-state index contributed by atoms with van der Waals surface area (Å²) in [5.41, 5.74) is 0.427. The number of halogens is 3. The Morgan fingerprint density at radius 3 is 2.49 bits per heavy atom. The molecule has 0 N–H and O–H groups in total. The summed E-state index contributed by atoms with van der Waals surface area (Å²) in [5, 5.41) is 17.2. The summed E-state index contributed by atoms with van der Waals surface area (Å²) in [4.78, 5) is 29.2. The Morgan fingerprint density at radius 1 is 1.14 bits per heavy atom. The third-order valence-electron chi connectivity index (χ3n) is 5.34. The second kappa shape index (κ2) is 10.6. The molecule has 0 aliphatic carbocycles. The average Bonchev–Trinajstić information content (AvgIpc) is 2.83. The van der Waals surface area contributed by atoms with Gasteiger partial charge in [-0.05, 0) is 42.0 Å². The van der Waals surface area contributed by atoms with E-state index in [-0.39, 0.29) is 28.6 Å². The maximum absolute atomic E-state index is 13.3. The average molecular weight is 604 g/mol. The second-order valence-corrected chi connectivity index (χ2v) is 11.0. The van der Waals surface area contributed by atoms with Crippen molar-refractivity contribution in [3.63, 3.8) is 0 Å². The SMILES string of the molecule is CC(C)(C)c1nc2ccc(Br)cc2c(=O)n1N=Cc1cc(Cl)c(OCc2ccc(Cl)cc2)c([N+](=O)[O-])c1. The quantitative estimate of drug-likeness (QED) is 0.133. The Balaban J connectivity index is 1.74. The molecule has 4 rings (SSSR count). The highest BCUT2D eigenvalue weighted by molar-refractivity contribution is 9.10. The van der Waals surface area contributed by atoms with Gasteiger partial charge in [-0.25, -0.2) is 4.98 Å². The summed E-state index contributed by atoms with van der Waals surface area (Å²) in [5.74, 6) is 0.371. The highest BCUT2D eigenvalue weighted by Gasteiger charge is 2.24. The van der Waals surface area contributed by atoms with Crippen LogP contribution < -0.4 is 10.3 Å². The molecule has 190 valence electrons. The van der Waals surface area contributed by atoms with Crippen LogP contribution in [0.2, 0.25) is 10.0 Å². The first-order valence-corrected chi connectivity index (χ1v) is 12.6. The van der Waals surface area contributed by atoms with Crippen molar-refractivity contribution in [3.05, 3.63) is 107 Å². The second-order valence-electron chi connectivity index (χ2n) is 9.23. The molecular weight excluding hydrogens is 583 g/mol. The van der Waals surface area contributed by atoms with Crippen LogP contribution in [-0.4, -0.2) is 20.8 Å². The Kier molecular flexibility index (Phi) is 7.68. The van der Waals surface area contributed by atoms with Crippen LogP contribution in [0, 0.1) is 10.1 Å². The molecule has 8 nitrogen and oxygen atoms in total. The molecular formula is C26H21BrCl2N4O4. The van der Waals surface area contributed by atoms with Crippen molar-refractivity contribution in [2.24, 2.45) is 5.10 Å². The van der Waals surface area contributed by atoms with Gasteiger partial charge in [-0.3, -0.25) is 14.9 Å². The van der Waals surface area contributed by atoms with Crippen LogP contribution in [0.4, 0.5) is 5.69 Å². The molecule has 0 aliphatic heterocycles. The standard InChI is InChI=1S/C26H21BrCl2N4O4/c1-26(2,3)25-31-21-9-6-17(27)12-19(21)24(34)32(25)30-13-16-10-20(29)23(22(11-16)33(35)36)37-14-15-4-7-18(28)8-5-15/h4-13H,14H2,1-3H3. The molecule has 11 heteroatoms. The highest BCUT2D eigenvalue weighted by Crippen LogP contribution is 2.36. The van der Waals surface area contributed by atoms with E-state index in [0.29, 0.717) is 27.3 Å². The molecule has 0 atom stereocenters. The number of ether oxygens (including phenoxy) is 1. The van der Waals surface area contributed by atoms with Crippen molar-refractivity contribution in [3.8, 4) is 5.75 Å². The normalized spacial score (nSPS) is 11.8. The maximum atomic E-state index is 13.3. The van der Waals surface area contributed by atoms with Crippen LogP contribution in [0.1, 0.15) is 37.7 Å². The molecule has 0 saturated heterocycles. The first-order valence-electron chi connectivity index (χ1n) is 11.1. The molecule has 0 amide bonds. The van der Waals surface area contributed by atoms with Crippen LogP contribution in [0.15, 0.2) is 69.0 Å². The zero-order valence-corrected chi connectivity index (χ0v) is 23.1. The summed E-state index contributed by atoms with van der Waals surface area (Å²) in [6, 6.07) is 14.9. The molecule has 3 aromatic carbocycles. The zero-order chi connectivity index (χ0) is 26.9. The van der Waals surface area contributed by atoms with Gasteiger partial charge >= 0.3 is 5.69 Å². The molecule has 4 aromatic rings. The molecule has 0 bridgehead atoms. The minimum atomic E-state index is -0.581. The highest BCUT2D eigenvalue weighted by atomic mass is 79.9. The number of benzene rings is 3. The Morgan fingerprint density at radius 2 is 1.84 bits per heavy atom. The van der Waals surface area contributed by atoms with Crippen molar-refractivity contribution >= 4 is 61.9 Å². The molecule has 0 fully saturated rings. The summed E-state index contributed by atoms with van der Waals surface area (Å²) < 4.78 is 7.62. The van der Waals surface area contributed by atoms with Gasteiger partial charge in [0.2, 0.25) is 5.75 Å². The number of hydrogen-bond acceptors (Lipinski definition) is 6. The van der Waals surface area contributed by atoms with Crippen LogP contribution in [-0.2, 0) is 12.0 Å². The molecule has 1 heterocycles. The Labute approximate surface area is 230 Å². The summed E-state index contributed by atoms with van der Waals surface area (Å²) >= 11 is 15.7. The lowest BCUT2D eigenvalue weighted by molar-refractivity contribution is -0.385. The van der Waals surface area contributed by atoms with E-state index in [1.54, 1.807) is 36.4 Å². The van der Waals surface area contributed by atoms with Crippen LogP contribution >= 0.6 is 39.1 Å². The van der Waals surface area contributed by atoms with Gasteiger partial charge in [-0.2, -0.15) is 9.78 Å². The number of nitrogens with zero attached hydrogens (tertiary/aromatic N) is 4. The van der Waals surface area contributed by atoms with Gasteiger partial charge in [0.05, 0.1) is 27.1 Å². The maximum Gasteiger partial charge on any atom is 0.313 e. The van der Waals surface area contributed by atoms with E-state index in [0.717, 1.165) is 10.0 Å². The lowest BCUT2D eigenvalue weighted by Crippen LogP contribution is -2.29. The van der Waals surface area contributed by atoms with Gasteiger partial charge in [-0.15, -0.1) is 0 Å². The molecule has 0 aliphatic rings. The van der Waals surface area contributed by atoms with Crippen molar-refractivity contribution in [1.29, 1.82) is 0 Å². The smallest absolute Gasteiger partial charge is 0.313 e. The minimum absolute atomic E-state index is 0.0357. The summed E-state index contributed by atoms with van der Waals surface area (Å²) in [7, 11) is 0. The lowest BCUT2D eigenvalue weighted by atomic mass is 9.95. The van der Waals surface area contributed by atoms with Gasteiger partial charge in [0.1, 0.15) is 12.4 Å². The van der Waals surface area contributed by atoms with Gasteiger partial charge < -0.3 is 4.74 Å². The lowest BCUT2D eigenvalue weighted by Gasteiger charge is -2.20. The molecule has 0 saturated carbocycles. The number of nitro groups is 1. The molecule has 0 unspecified atom stereocenters. The van der Waals surface area contributed by atoms with Gasteiger partial charge in [0.25, 0.3) is 5.56 Å². The van der Waals surface area contributed by atoms with Crippen LogP contribution in [0.5, 0.6) is 5.75 Å². The van der Waals surface area contributed by atoms with Gasteiger partial charge in [0, 0.05) is 26.5 Å².